The molecule has 10 heteroatoms. The Morgan fingerprint density at radius 2 is 1.83 bits per heavy atom. The Morgan fingerprint density at radius 3 is 2.58 bits per heavy atom. The SMILES string of the molecule is Cc1ccccc1CN1CC2(CCOCC2)Oc2nc(OCCN3CCC(F)(F)CC3)ccc2S1=O. The summed E-state index contributed by atoms with van der Waals surface area (Å²) in [6.07, 6.45) is 1.13. The van der Waals surface area contributed by atoms with Crippen molar-refractivity contribution in [3.05, 3.63) is 47.5 Å². The molecule has 0 N–H and O–H groups in total. The number of likely N-dealkylation sites (tertiary alicyclic amines) is 1. The summed E-state index contributed by atoms with van der Waals surface area (Å²) in [6, 6.07) is 11.6. The Hall–Kier alpha value is -2.14. The molecular formula is C26H33F2N3O4S. The molecule has 7 nitrogen and oxygen atoms in total. The quantitative estimate of drug-likeness (QED) is 0.574. The van der Waals surface area contributed by atoms with E-state index in [0.29, 0.717) is 82.0 Å². The Balaban J connectivity index is 1.32. The molecule has 2 saturated heterocycles. The fourth-order valence-electron chi connectivity index (χ4n) is 4.93. The second kappa shape index (κ2) is 10.7. The number of benzene rings is 1. The second-order valence-corrected chi connectivity index (χ2v) is 11.3. The zero-order chi connectivity index (χ0) is 25.2. The van der Waals surface area contributed by atoms with E-state index in [1.165, 1.54) is 0 Å². The van der Waals surface area contributed by atoms with Gasteiger partial charge < -0.3 is 14.2 Å². The number of nitrogens with zero attached hydrogens (tertiary/aromatic N) is 3. The lowest BCUT2D eigenvalue weighted by molar-refractivity contribution is -0.0573. The highest BCUT2D eigenvalue weighted by Gasteiger charge is 2.43. The van der Waals surface area contributed by atoms with Gasteiger partial charge in [0, 0.05) is 57.9 Å². The highest BCUT2D eigenvalue weighted by atomic mass is 32.2. The summed E-state index contributed by atoms with van der Waals surface area (Å²) in [5.41, 5.74) is 1.73. The van der Waals surface area contributed by atoms with E-state index in [0.717, 1.165) is 11.1 Å². The molecule has 1 unspecified atom stereocenters. The molecule has 1 atom stereocenters. The maximum absolute atomic E-state index is 13.7. The summed E-state index contributed by atoms with van der Waals surface area (Å²) in [7, 11) is -1.46. The Bertz CT molecular complexity index is 1090. The van der Waals surface area contributed by atoms with Gasteiger partial charge in [-0.05, 0) is 24.1 Å². The van der Waals surface area contributed by atoms with Crippen molar-refractivity contribution < 1.29 is 27.2 Å². The summed E-state index contributed by atoms with van der Waals surface area (Å²) in [6.45, 7) is 5.85. The summed E-state index contributed by atoms with van der Waals surface area (Å²) in [4.78, 5) is 7.10. The molecule has 2 aromatic rings. The minimum atomic E-state index is -2.56. The van der Waals surface area contributed by atoms with Crippen LogP contribution in [0.5, 0.6) is 11.8 Å². The summed E-state index contributed by atoms with van der Waals surface area (Å²) in [5.74, 6) is -1.85. The molecule has 1 spiro atoms. The van der Waals surface area contributed by atoms with E-state index in [9.17, 15) is 13.0 Å². The smallest absolute Gasteiger partial charge is 0.250 e. The maximum Gasteiger partial charge on any atom is 0.250 e. The first-order chi connectivity index (χ1) is 17.3. The topological polar surface area (TPSA) is 64.1 Å². The van der Waals surface area contributed by atoms with Crippen LogP contribution < -0.4 is 9.47 Å². The van der Waals surface area contributed by atoms with Gasteiger partial charge in [-0.15, -0.1) is 0 Å². The molecule has 0 amide bonds. The first kappa shape index (κ1) is 25.5. The number of alkyl halides is 2. The highest BCUT2D eigenvalue weighted by molar-refractivity contribution is 7.82. The predicted octanol–water partition coefficient (Wildman–Crippen LogP) is 3.97. The highest BCUT2D eigenvalue weighted by Crippen LogP contribution is 2.38. The van der Waals surface area contributed by atoms with Crippen LogP contribution in [0, 0.1) is 6.92 Å². The van der Waals surface area contributed by atoms with E-state index in [1.54, 1.807) is 12.1 Å². The number of fused-ring (bicyclic) bond motifs is 1. The zero-order valence-corrected chi connectivity index (χ0v) is 21.4. The van der Waals surface area contributed by atoms with Crippen LogP contribution in [-0.2, 0) is 22.3 Å². The van der Waals surface area contributed by atoms with Gasteiger partial charge in [-0.2, -0.15) is 4.98 Å². The van der Waals surface area contributed by atoms with Crippen LogP contribution in [0.4, 0.5) is 8.78 Å². The van der Waals surface area contributed by atoms with Gasteiger partial charge in [0.25, 0.3) is 5.92 Å². The lowest BCUT2D eigenvalue weighted by Crippen LogP contribution is -2.49. The molecule has 0 radical (unpaired) electrons. The van der Waals surface area contributed by atoms with E-state index >= 15 is 0 Å². The molecule has 5 rings (SSSR count). The molecule has 3 aliphatic rings. The van der Waals surface area contributed by atoms with Crippen LogP contribution in [0.25, 0.3) is 0 Å². The van der Waals surface area contributed by atoms with E-state index in [4.69, 9.17) is 14.2 Å². The van der Waals surface area contributed by atoms with Crippen LogP contribution in [-0.4, -0.2) is 75.9 Å². The molecular weight excluding hydrogens is 488 g/mol. The normalized spacial score (nSPS) is 24.0. The minimum absolute atomic E-state index is 0.117. The van der Waals surface area contributed by atoms with Crippen LogP contribution in [0.2, 0.25) is 0 Å². The van der Waals surface area contributed by atoms with Gasteiger partial charge >= 0.3 is 0 Å². The standard InChI is InChI=1S/C26H33F2N3O4S/c1-20-4-2-3-5-21(20)18-31-19-25(10-15-33-16-11-25)35-24-22(36(31)32)6-7-23(29-24)34-17-14-30-12-8-26(27,28)9-13-30/h2-7H,8-19H2,1H3. The van der Waals surface area contributed by atoms with Crippen molar-refractivity contribution in [2.75, 3.05) is 46.0 Å². The summed E-state index contributed by atoms with van der Waals surface area (Å²) >= 11 is 0. The molecule has 196 valence electrons. The third-order valence-electron chi connectivity index (χ3n) is 7.26. The number of aryl methyl sites for hydroxylation is 1. The van der Waals surface area contributed by atoms with Crippen LogP contribution in [0.1, 0.15) is 36.8 Å². The van der Waals surface area contributed by atoms with Gasteiger partial charge in [-0.1, -0.05) is 24.3 Å². The maximum atomic E-state index is 13.7. The number of hydrogen-bond donors (Lipinski definition) is 0. The van der Waals surface area contributed by atoms with Gasteiger partial charge in [-0.3, -0.25) is 4.90 Å². The molecule has 3 aliphatic heterocycles. The van der Waals surface area contributed by atoms with Crippen LogP contribution in [0.15, 0.2) is 41.3 Å². The lowest BCUT2D eigenvalue weighted by atomic mass is 9.93. The van der Waals surface area contributed by atoms with Gasteiger partial charge in [0.05, 0.1) is 19.8 Å². The van der Waals surface area contributed by atoms with Gasteiger partial charge in [-0.25, -0.2) is 17.3 Å². The first-order valence-electron chi connectivity index (χ1n) is 12.5. The average Bonchev–Trinajstić information content (AvgIpc) is 2.96. The van der Waals surface area contributed by atoms with Crippen LogP contribution >= 0.6 is 0 Å². The van der Waals surface area contributed by atoms with E-state index in [2.05, 4.69) is 24.0 Å². The number of hydrogen-bond acceptors (Lipinski definition) is 6. The largest absolute Gasteiger partial charge is 0.476 e. The Labute approximate surface area is 213 Å². The minimum Gasteiger partial charge on any atom is -0.476 e. The Morgan fingerprint density at radius 1 is 1.08 bits per heavy atom. The number of ether oxygens (including phenoxy) is 3. The molecule has 4 heterocycles. The number of halogens is 2. The number of aromatic nitrogens is 1. The van der Waals surface area contributed by atoms with Crippen molar-refractivity contribution in [3.63, 3.8) is 0 Å². The summed E-state index contributed by atoms with van der Waals surface area (Å²) in [5, 5.41) is 0. The van der Waals surface area contributed by atoms with Crippen molar-refractivity contribution in [1.29, 1.82) is 0 Å². The predicted molar refractivity (Wildman–Crippen MR) is 132 cm³/mol. The second-order valence-electron chi connectivity index (χ2n) is 9.87. The van der Waals surface area contributed by atoms with Crippen molar-refractivity contribution in [2.24, 2.45) is 0 Å². The van der Waals surface area contributed by atoms with Crippen molar-refractivity contribution in [1.82, 2.24) is 14.2 Å². The molecule has 2 fully saturated rings. The van der Waals surface area contributed by atoms with E-state index < -0.39 is 22.5 Å². The van der Waals surface area contributed by atoms with Gasteiger partial charge in [0.1, 0.15) is 28.1 Å². The average molecular weight is 522 g/mol. The molecule has 0 aliphatic carbocycles. The number of piperidine rings is 1. The fourth-order valence-corrected chi connectivity index (χ4v) is 6.24. The molecule has 1 aromatic carbocycles. The first-order valence-corrected chi connectivity index (χ1v) is 13.7. The van der Waals surface area contributed by atoms with E-state index in [1.807, 2.05) is 21.3 Å². The Kier molecular flexibility index (Phi) is 7.57. The number of rotatable bonds is 6. The van der Waals surface area contributed by atoms with Crippen molar-refractivity contribution in [3.8, 4) is 11.8 Å². The molecule has 36 heavy (non-hydrogen) atoms. The van der Waals surface area contributed by atoms with Gasteiger partial charge in [0.15, 0.2) is 0 Å². The zero-order valence-electron chi connectivity index (χ0n) is 20.6. The van der Waals surface area contributed by atoms with E-state index in [-0.39, 0.29) is 12.8 Å². The third kappa shape index (κ3) is 5.88. The molecule has 0 saturated carbocycles. The fraction of sp³-hybridized carbons (Fsp3) is 0.577. The molecule has 0 bridgehead atoms. The third-order valence-corrected chi connectivity index (χ3v) is 8.67. The van der Waals surface area contributed by atoms with Crippen molar-refractivity contribution >= 4 is 11.0 Å². The summed E-state index contributed by atoms with van der Waals surface area (Å²) < 4.78 is 60.5. The van der Waals surface area contributed by atoms with Crippen LogP contribution in [0.3, 0.4) is 0 Å². The monoisotopic (exact) mass is 521 g/mol. The number of pyridine rings is 1. The van der Waals surface area contributed by atoms with Gasteiger partial charge in [0.2, 0.25) is 11.8 Å². The lowest BCUT2D eigenvalue weighted by Gasteiger charge is -2.38. The van der Waals surface area contributed by atoms with Crippen molar-refractivity contribution in [2.45, 2.75) is 55.6 Å². The molecule has 1 aromatic heterocycles.